The topological polar surface area (TPSA) is 62.2 Å². The highest BCUT2D eigenvalue weighted by molar-refractivity contribution is 6.35. The first kappa shape index (κ1) is 14.6. The fraction of sp³-hybridized carbons (Fsp3) is 0.143. The SMILES string of the molecule is O=C(O)[C@@H](Cc1ccc(Cl)cc1Cl)Nc1cccnc1. The van der Waals surface area contributed by atoms with E-state index in [0.29, 0.717) is 15.7 Å². The molecule has 0 saturated heterocycles. The quantitative estimate of drug-likeness (QED) is 0.887. The lowest BCUT2D eigenvalue weighted by molar-refractivity contribution is -0.137. The molecule has 0 amide bonds. The number of hydrogen-bond donors (Lipinski definition) is 2. The summed E-state index contributed by atoms with van der Waals surface area (Å²) in [6.07, 6.45) is 3.44. The molecule has 6 heteroatoms. The van der Waals surface area contributed by atoms with Crippen LogP contribution in [-0.4, -0.2) is 22.1 Å². The van der Waals surface area contributed by atoms with Gasteiger partial charge in [0, 0.05) is 28.9 Å². The highest BCUT2D eigenvalue weighted by Gasteiger charge is 2.19. The maximum Gasteiger partial charge on any atom is 0.326 e. The van der Waals surface area contributed by atoms with Crippen molar-refractivity contribution < 1.29 is 9.90 Å². The zero-order valence-electron chi connectivity index (χ0n) is 10.4. The van der Waals surface area contributed by atoms with Crippen LogP contribution >= 0.6 is 23.2 Å². The Balaban J connectivity index is 2.15. The standard InChI is InChI=1S/C14H12Cl2N2O2/c15-10-4-3-9(12(16)7-10)6-13(14(19)20)18-11-2-1-5-17-8-11/h1-5,7-8,13,18H,6H2,(H,19,20)/t13-/m1/s1. The van der Waals surface area contributed by atoms with Crippen LogP contribution in [0.2, 0.25) is 10.0 Å². The maximum absolute atomic E-state index is 11.3. The Morgan fingerprint density at radius 2 is 2.15 bits per heavy atom. The normalized spacial score (nSPS) is 11.9. The van der Waals surface area contributed by atoms with Gasteiger partial charge in [0.1, 0.15) is 6.04 Å². The van der Waals surface area contributed by atoms with E-state index in [1.165, 1.54) is 0 Å². The highest BCUT2D eigenvalue weighted by Crippen LogP contribution is 2.23. The van der Waals surface area contributed by atoms with E-state index < -0.39 is 12.0 Å². The molecular formula is C14H12Cl2N2O2. The third kappa shape index (κ3) is 3.85. The fourth-order valence-electron chi connectivity index (χ4n) is 1.76. The van der Waals surface area contributed by atoms with Gasteiger partial charge in [0.05, 0.1) is 5.69 Å². The zero-order chi connectivity index (χ0) is 14.5. The molecule has 0 aliphatic rings. The molecule has 0 saturated carbocycles. The monoisotopic (exact) mass is 310 g/mol. The number of aliphatic carboxylic acids is 1. The van der Waals surface area contributed by atoms with Gasteiger partial charge < -0.3 is 10.4 Å². The average molecular weight is 311 g/mol. The molecule has 0 spiro atoms. The number of nitrogens with zero attached hydrogens (tertiary/aromatic N) is 1. The second-order valence-corrected chi connectivity index (χ2v) is 5.06. The van der Waals surface area contributed by atoms with E-state index >= 15 is 0 Å². The van der Waals surface area contributed by atoms with Crippen LogP contribution in [-0.2, 0) is 11.2 Å². The zero-order valence-corrected chi connectivity index (χ0v) is 11.9. The number of benzene rings is 1. The number of aromatic nitrogens is 1. The summed E-state index contributed by atoms with van der Waals surface area (Å²) in [7, 11) is 0. The first-order valence-corrected chi connectivity index (χ1v) is 6.65. The van der Waals surface area contributed by atoms with Crippen molar-refractivity contribution in [2.24, 2.45) is 0 Å². The van der Waals surface area contributed by atoms with Gasteiger partial charge in [-0.1, -0.05) is 29.3 Å². The van der Waals surface area contributed by atoms with Crippen molar-refractivity contribution in [3.8, 4) is 0 Å². The summed E-state index contributed by atoms with van der Waals surface area (Å²) < 4.78 is 0. The first-order valence-electron chi connectivity index (χ1n) is 5.89. The molecule has 1 aromatic heterocycles. The molecule has 0 unspecified atom stereocenters. The summed E-state index contributed by atoms with van der Waals surface area (Å²) >= 11 is 11.9. The van der Waals surface area contributed by atoms with Crippen molar-refractivity contribution in [1.82, 2.24) is 4.98 Å². The minimum absolute atomic E-state index is 0.250. The van der Waals surface area contributed by atoms with Crippen LogP contribution in [0.25, 0.3) is 0 Å². The van der Waals surface area contributed by atoms with Gasteiger partial charge in [0.2, 0.25) is 0 Å². The summed E-state index contributed by atoms with van der Waals surface area (Å²) in [4.78, 5) is 15.3. The van der Waals surface area contributed by atoms with Gasteiger partial charge in [-0.05, 0) is 29.8 Å². The summed E-state index contributed by atoms with van der Waals surface area (Å²) in [5, 5.41) is 13.2. The third-order valence-electron chi connectivity index (χ3n) is 2.74. The number of carbonyl (C=O) groups is 1. The molecule has 2 aromatic rings. The molecule has 0 fully saturated rings. The average Bonchev–Trinajstić information content (AvgIpc) is 2.42. The molecule has 0 aliphatic heterocycles. The van der Waals surface area contributed by atoms with Crippen LogP contribution in [0.3, 0.4) is 0 Å². The van der Waals surface area contributed by atoms with Gasteiger partial charge in [-0.2, -0.15) is 0 Å². The number of carboxylic acids is 1. The lowest BCUT2D eigenvalue weighted by Crippen LogP contribution is -2.31. The molecule has 1 atom stereocenters. The van der Waals surface area contributed by atoms with Gasteiger partial charge in [-0.15, -0.1) is 0 Å². The van der Waals surface area contributed by atoms with Gasteiger partial charge in [-0.3, -0.25) is 4.98 Å². The molecule has 0 aliphatic carbocycles. The second kappa shape index (κ2) is 6.59. The Morgan fingerprint density at radius 3 is 2.75 bits per heavy atom. The molecule has 1 heterocycles. The Kier molecular flexibility index (Phi) is 4.82. The lowest BCUT2D eigenvalue weighted by atomic mass is 10.1. The fourth-order valence-corrected chi connectivity index (χ4v) is 2.24. The summed E-state index contributed by atoms with van der Waals surface area (Å²) in [6, 6.07) is 7.71. The summed E-state index contributed by atoms with van der Waals surface area (Å²) in [5.41, 5.74) is 1.37. The predicted octanol–water partition coefficient (Wildman–Crippen LogP) is 3.50. The number of carboxylic acid groups (broad SMARTS) is 1. The van der Waals surface area contributed by atoms with Crippen molar-refractivity contribution in [3.63, 3.8) is 0 Å². The Morgan fingerprint density at radius 1 is 1.35 bits per heavy atom. The van der Waals surface area contributed by atoms with Crippen molar-refractivity contribution >= 4 is 34.9 Å². The number of pyridine rings is 1. The third-order valence-corrected chi connectivity index (χ3v) is 3.33. The van der Waals surface area contributed by atoms with Crippen LogP contribution < -0.4 is 5.32 Å². The van der Waals surface area contributed by atoms with E-state index in [2.05, 4.69) is 10.3 Å². The van der Waals surface area contributed by atoms with Crippen LogP contribution in [0.4, 0.5) is 5.69 Å². The number of nitrogens with one attached hydrogen (secondary N) is 1. The van der Waals surface area contributed by atoms with Crippen molar-refractivity contribution in [2.45, 2.75) is 12.5 Å². The molecule has 1 aromatic carbocycles. The Labute approximate surface area is 126 Å². The van der Waals surface area contributed by atoms with E-state index in [1.807, 2.05) is 0 Å². The van der Waals surface area contributed by atoms with E-state index in [1.54, 1.807) is 42.7 Å². The summed E-state index contributed by atoms with van der Waals surface area (Å²) in [5.74, 6) is -0.958. The van der Waals surface area contributed by atoms with E-state index in [0.717, 1.165) is 5.56 Å². The van der Waals surface area contributed by atoms with Gasteiger partial charge in [0.15, 0.2) is 0 Å². The highest BCUT2D eigenvalue weighted by atomic mass is 35.5. The summed E-state index contributed by atoms with van der Waals surface area (Å²) in [6.45, 7) is 0. The van der Waals surface area contributed by atoms with E-state index in [9.17, 15) is 9.90 Å². The van der Waals surface area contributed by atoms with Gasteiger partial charge in [0.25, 0.3) is 0 Å². The molecule has 20 heavy (non-hydrogen) atoms. The van der Waals surface area contributed by atoms with E-state index in [-0.39, 0.29) is 6.42 Å². The largest absolute Gasteiger partial charge is 0.480 e. The van der Waals surface area contributed by atoms with Crippen LogP contribution in [0.15, 0.2) is 42.7 Å². The lowest BCUT2D eigenvalue weighted by Gasteiger charge is -2.16. The molecular weight excluding hydrogens is 299 g/mol. The molecule has 2 N–H and O–H groups in total. The van der Waals surface area contributed by atoms with Crippen LogP contribution in [0, 0.1) is 0 Å². The number of anilines is 1. The number of rotatable bonds is 5. The van der Waals surface area contributed by atoms with Crippen molar-refractivity contribution in [2.75, 3.05) is 5.32 Å². The molecule has 4 nitrogen and oxygen atoms in total. The predicted molar refractivity (Wildman–Crippen MR) is 79.4 cm³/mol. The van der Waals surface area contributed by atoms with Crippen LogP contribution in [0.5, 0.6) is 0 Å². The number of hydrogen-bond acceptors (Lipinski definition) is 3. The first-order chi connectivity index (χ1) is 9.56. The smallest absolute Gasteiger partial charge is 0.326 e. The minimum Gasteiger partial charge on any atom is -0.480 e. The van der Waals surface area contributed by atoms with Gasteiger partial charge in [-0.25, -0.2) is 4.79 Å². The Hall–Kier alpha value is -1.78. The molecule has 0 bridgehead atoms. The molecule has 2 rings (SSSR count). The van der Waals surface area contributed by atoms with Crippen molar-refractivity contribution in [3.05, 3.63) is 58.3 Å². The van der Waals surface area contributed by atoms with Crippen LogP contribution in [0.1, 0.15) is 5.56 Å². The number of halogens is 2. The molecule has 104 valence electrons. The second-order valence-electron chi connectivity index (χ2n) is 4.22. The molecule has 0 radical (unpaired) electrons. The van der Waals surface area contributed by atoms with E-state index in [4.69, 9.17) is 23.2 Å². The maximum atomic E-state index is 11.3. The van der Waals surface area contributed by atoms with Gasteiger partial charge >= 0.3 is 5.97 Å². The minimum atomic E-state index is -0.958. The van der Waals surface area contributed by atoms with Crippen molar-refractivity contribution in [1.29, 1.82) is 0 Å². The Bertz CT molecular complexity index is 605.